The van der Waals surface area contributed by atoms with E-state index >= 15 is 0 Å². The normalized spacial score (nSPS) is 13.0. The SMILES string of the molecule is COc1cc2c(cc1OC)CN(C(=O)c1ccccc1OCc1c(C)noc1C)CC2. The Hall–Kier alpha value is -3.48. The van der Waals surface area contributed by atoms with Crippen LogP contribution < -0.4 is 14.2 Å². The number of hydrogen-bond acceptors (Lipinski definition) is 6. The van der Waals surface area contributed by atoms with Crippen LogP contribution in [-0.4, -0.2) is 36.7 Å². The lowest BCUT2D eigenvalue weighted by Crippen LogP contribution is -2.36. The fourth-order valence-corrected chi connectivity index (χ4v) is 3.85. The first-order chi connectivity index (χ1) is 15.0. The highest BCUT2D eigenvalue weighted by Gasteiger charge is 2.25. The Labute approximate surface area is 181 Å². The fraction of sp³-hybridized carbons (Fsp3) is 0.333. The van der Waals surface area contributed by atoms with Crippen molar-refractivity contribution in [3.63, 3.8) is 0 Å². The molecular weight excluding hydrogens is 396 g/mol. The number of rotatable bonds is 6. The van der Waals surface area contributed by atoms with Crippen molar-refractivity contribution in [2.75, 3.05) is 20.8 Å². The highest BCUT2D eigenvalue weighted by Crippen LogP contribution is 2.34. The maximum Gasteiger partial charge on any atom is 0.257 e. The molecule has 0 saturated heterocycles. The van der Waals surface area contributed by atoms with Crippen LogP contribution in [0.25, 0.3) is 0 Å². The third-order valence-corrected chi connectivity index (χ3v) is 5.68. The topological polar surface area (TPSA) is 74.0 Å². The van der Waals surface area contributed by atoms with E-state index in [9.17, 15) is 4.79 Å². The van der Waals surface area contributed by atoms with Gasteiger partial charge < -0.3 is 23.6 Å². The fourth-order valence-electron chi connectivity index (χ4n) is 3.85. The largest absolute Gasteiger partial charge is 0.493 e. The molecule has 0 spiro atoms. The van der Waals surface area contributed by atoms with Gasteiger partial charge in [0.15, 0.2) is 11.5 Å². The van der Waals surface area contributed by atoms with Gasteiger partial charge in [0.05, 0.1) is 31.0 Å². The third kappa shape index (κ3) is 4.08. The third-order valence-electron chi connectivity index (χ3n) is 5.68. The van der Waals surface area contributed by atoms with Crippen molar-refractivity contribution >= 4 is 5.91 Å². The van der Waals surface area contributed by atoms with E-state index in [0.29, 0.717) is 42.5 Å². The molecule has 2 aromatic carbocycles. The van der Waals surface area contributed by atoms with E-state index in [1.165, 1.54) is 5.56 Å². The van der Waals surface area contributed by atoms with Crippen molar-refractivity contribution in [1.82, 2.24) is 10.1 Å². The summed E-state index contributed by atoms with van der Waals surface area (Å²) in [5, 5.41) is 3.96. The number of methoxy groups -OCH3 is 2. The number of nitrogens with zero attached hydrogens (tertiary/aromatic N) is 2. The number of aromatic nitrogens is 1. The van der Waals surface area contributed by atoms with Crippen LogP contribution in [0.3, 0.4) is 0 Å². The highest BCUT2D eigenvalue weighted by molar-refractivity contribution is 5.97. The van der Waals surface area contributed by atoms with Gasteiger partial charge in [0.2, 0.25) is 0 Å². The Balaban J connectivity index is 1.54. The van der Waals surface area contributed by atoms with Gasteiger partial charge in [-0.05, 0) is 55.7 Å². The molecule has 1 aliphatic rings. The Kier molecular flexibility index (Phi) is 5.84. The summed E-state index contributed by atoms with van der Waals surface area (Å²) >= 11 is 0. The molecule has 0 aliphatic carbocycles. The average molecular weight is 422 g/mol. The molecular formula is C24H26N2O5. The van der Waals surface area contributed by atoms with Crippen LogP contribution in [-0.2, 0) is 19.6 Å². The molecule has 0 atom stereocenters. The van der Waals surface area contributed by atoms with Crippen LogP contribution in [0.2, 0.25) is 0 Å². The molecule has 162 valence electrons. The van der Waals surface area contributed by atoms with Gasteiger partial charge in [-0.15, -0.1) is 0 Å². The van der Waals surface area contributed by atoms with Gasteiger partial charge in [0.25, 0.3) is 5.91 Å². The minimum absolute atomic E-state index is 0.0604. The number of benzene rings is 2. The van der Waals surface area contributed by atoms with Crippen LogP contribution in [0.4, 0.5) is 0 Å². The molecule has 1 aliphatic heterocycles. The van der Waals surface area contributed by atoms with E-state index in [-0.39, 0.29) is 5.91 Å². The van der Waals surface area contributed by atoms with E-state index in [2.05, 4.69) is 5.16 Å². The Bertz CT molecular complexity index is 1090. The van der Waals surface area contributed by atoms with Gasteiger partial charge in [-0.3, -0.25) is 4.79 Å². The van der Waals surface area contributed by atoms with Crippen molar-refractivity contribution in [2.45, 2.75) is 33.4 Å². The first kappa shape index (κ1) is 20.8. The molecule has 3 aromatic rings. The molecule has 0 saturated carbocycles. The number of amides is 1. The molecule has 1 amide bonds. The van der Waals surface area contributed by atoms with Gasteiger partial charge in [-0.25, -0.2) is 0 Å². The lowest BCUT2D eigenvalue weighted by molar-refractivity contribution is 0.0729. The van der Waals surface area contributed by atoms with Gasteiger partial charge in [-0.2, -0.15) is 0 Å². The molecule has 2 heterocycles. The summed E-state index contributed by atoms with van der Waals surface area (Å²) < 4.78 is 22.0. The predicted octanol–water partition coefficient (Wildman–Crippen LogP) is 4.09. The number of aryl methyl sites for hydroxylation is 2. The van der Waals surface area contributed by atoms with Crippen LogP contribution in [0, 0.1) is 13.8 Å². The summed E-state index contributed by atoms with van der Waals surface area (Å²) in [5.41, 5.74) is 4.46. The first-order valence-corrected chi connectivity index (χ1v) is 10.2. The molecule has 0 bridgehead atoms. The molecule has 4 rings (SSSR count). The van der Waals surface area contributed by atoms with Gasteiger partial charge in [0.1, 0.15) is 18.1 Å². The number of para-hydroxylation sites is 1. The number of hydrogen-bond donors (Lipinski definition) is 0. The standard InChI is InChI=1S/C24H26N2O5/c1-15-20(16(2)31-25-15)14-30-21-8-6-5-7-19(21)24(27)26-10-9-17-11-22(28-3)23(29-4)12-18(17)13-26/h5-8,11-12H,9-10,13-14H2,1-4H3. The second-order valence-electron chi connectivity index (χ2n) is 7.54. The maximum atomic E-state index is 13.4. The van der Waals surface area contributed by atoms with E-state index in [4.69, 9.17) is 18.7 Å². The van der Waals surface area contributed by atoms with E-state index in [1.54, 1.807) is 20.3 Å². The zero-order valence-electron chi connectivity index (χ0n) is 18.2. The summed E-state index contributed by atoms with van der Waals surface area (Å²) in [7, 11) is 3.24. The quantitative estimate of drug-likeness (QED) is 0.596. The van der Waals surface area contributed by atoms with E-state index in [1.807, 2.05) is 49.1 Å². The lowest BCUT2D eigenvalue weighted by Gasteiger charge is -2.30. The zero-order valence-corrected chi connectivity index (χ0v) is 18.2. The van der Waals surface area contributed by atoms with Crippen molar-refractivity contribution in [2.24, 2.45) is 0 Å². The Morgan fingerprint density at radius 2 is 1.77 bits per heavy atom. The van der Waals surface area contributed by atoms with E-state index in [0.717, 1.165) is 29.0 Å². The molecule has 0 N–H and O–H groups in total. The van der Waals surface area contributed by atoms with Gasteiger partial charge >= 0.3 is 0 Å². The molecule has 7 heteroatoms. The number of carbonyl (C=O) groups excluding carboxylic acids is 1. The van der Waals surface area contributed by atoms with Crippen molar-refractivity contribution in [3.8, 4) is 17.2 Å². The number of fused-ring (bicyclic) bond motifs is 1. The maximum absolute atomic E-state index is 13.4. The second-order valence-corrected chi connectivity index (χ2v) is 7.54. The lowest BCUT2D eigenvalue weighted by atomic mass is 9.98. The minimum Gasteiger partial charge on any atom is -0.493 e. The molecule has 31 heavy (non-hydrogen) atoms. The van der Waals surface area contributed by atoms with Crippen LogP contribution in [0.5, 0.6) is 17.2 Å². The number of ether oxygens (including phenoxy) is 3. The van der Waals surface area contributed by atoms with Gasteiger partial charge in [0, 0.05) is 13.1 Å². The Morgan fingerprint density at radius 1 is 1.06 bits per heavy atom. The smallest absolute Gasteiger partial charge is 0.257 e. The molecule has 0 radical (unpaired) electrons. The van der Waals surface area contributed by atoms with Crippen molar-refractivity contribution in [3.05, 3.63) is 70.1 Å². The number of carbonyl (C=O) groups is 1. The summed E-state index contributed by atoms with van der Waals surface area (Å²) in [4.78, 5) is 15.2. The summed E-state index contributed by atoms with van der Waals surface area (Å²) in [6.45, 7) is 5.16. The minimum atomic E-state index is -0.0604. The zero-order chi connectivity index (χ0) is 22.0. The Morgan fingerprint density at radius 3 is 2.45 bits per heavy atom. The van der Waals surface area contributed by atoms with Crippen LogP contribution in [0.15, 0.2) is 40.9 Å². The summed E-state index contributed by atoms with van der Waals surface area (Å²) in [5.74, 6) is 2.58. The highest BCUT2D eigenvalue weighted by atomic mass is 16.5. The van der Waals surface area contributed by atoms with Crippen molar-refractivity contribution in [1.29, 1.82) is 0 Å². The predicted molar refractivity (Wildman–Crippen MR) is 115 cm³/mol. The molecule has 1 aromatic heterocycles. The molecule has 7 nitrogen and oxygen atoms in total. The van der Waals surface area contributed by atoms with Crippen LogP contribution in [0.1, 0.15) is 38.5 Å². The summed E-state index contributed by atoms with van der Waals surface area (Å²) in [6.07, 6.45) is 0.754. The average Bonchev–Trinajstić information content (AvgIpc) is 3.13. The monoisotopic (exact) mass is 422 g/mol. The first-order valence-electron chi connectivity index (χ1n) is 10.2. The molecule has 0 unspecified atom stereocenters. The van der Waals surface area contributed by atoms with Crippen molar-refractivity contribution < 1.29 is 23.5 Å². The van der Waals surface area contributed by atoms with Gasteiger partial charge in [-0.1, -0.05) is 17.3 Å². The second kappa shape index (κ2) is 8.71. The molecule has 0 fully saturated rings. The summed E-state index contributed by atoms with van der Waals surface area (Å²) in [6, 6.07) is 11.3. The van der Waals surface area contributed by atoms with Crippen LogP contribution >= 0.6 is 0 Å². The van der Waals surface area contributed by atoms with E-state index < -0.39 is 0 Å².